The van der Waals surface area contributed by atoms with Crippen molar-refractivity contribution in [1.82, 2.24) is 4.90 Å². The van der Waals surface area contributed by atoms with Crippen LogP contribution in [-0.2, 0) is 6.42 Å². The Morgan fingerprint density at radius 1 is 1.07 bits per heavy atom. The van der Waals surface area contributed by atoms with Gasteiger partial charge in [-0.05, 0) is 49.9 Å². The Bertz CT molecular complexity index is 332. The summed E-state index contributed by atoms with van der Waals surface area (Å²) in [6, 6.07) is 9.78. The molecule has 0 radical (unpaired) electrons. The van der Waals surface area contributed by atoms with Crippen molar-refractivity contribution in [3.8, 4) is 0 Å². The molecule has 0 bridgehead atoms. The first-order valence-corrected chi connectivity index (χ1v) is 5.77. The van der Waals surface area contributed by atoms with Crippen molar-refractivity contribution in [2.24, 2.45) is 0 Å². The summed E-state index contributed by atoms with van der Waals surface area (Å²) in [5.74, 6) is 0. The lowest BCUT2D eigenvalue weighted by atomic mass is 9.98. The molecule has 2 heterocycles. The van der Waals surface area contributed by atoms with Gasteiger partial charge in [-0.3, -0.25) is 4.90 Å². The van der Waals surface area contributed by atoms with Gasteiger partial charge in [-0.1, -0.05) is 24.3 Å². The van der Waals surface area contributed by atoms with E-state index in [4.69, 9.17) is 0 Å². The first kappa shape index (κ1) is 8.49. The van der Waals surface area contributed by atoms with Crippen molar-refractivity contribution in [3.63, 3.8) is 0 Å². The second kappa shape index (κ2) is 3.39. The third-order valence-corrected chi connectivity index (χ3v) is 3.67. The van der Waals surface area contributed by atoms with Gasteiger partial charge >= 0.3 is 0 Å². The Kier molecular flexibility index (Phi) is 2.06. The third kappa shape index (κ3) is 1.27. The number of rotatable bonds is 0. The maximum atomic E-state index is 2.67. The van der Waals surface area contributed by atoms with Crippen LogP contribution in [0.5, 0.6) is 0 Å². The molecule has 74 valence electrons. The van der Waals surface area contributed by atoms with Gasteiger partial charge in [0.15, 0.2) is 0 Å². The highest BCUT2D eigenvalue weighted by Gasteiger charge is 2.28. The van der Waals surface area contributed by atoms with Crippen LogP contribution in [0.4, 0.5) is 0 Å². The lowest BCUT2D eigenvalue weighted by Gasteiger charge is -2.22. The molecule has 3 rings (SSSR count). The first-order chi connectivity index (χ1) is 6.95. The second-order valence-electron chi connectivity index (χ2n) is 4.50. The van der Waals surface area contributed by atoms with E-state index in [-0.39, 0.29) is 0 Å². The summed E-state index contributed by atoms with van der Waals surface area (Å²) in [4.78, 5) is 2.67. The van der Waals surface area contributed by atoms with E-state index in [1.165, 1.54) is 38.8 Å². The van der Waals surface area contributed by atoms with E-state index in [2.05, 4.69) is 29.2 Å². The minimum Gasteiger partial charge on any atom is -0.296 e. The molecule has 1 fully saturated rings. The Balaban J connectivity index is 2.04. The molecule has 1 atom stereocenters. The summed E-state index contributed by atoms with van der Waals surface area (Å²) in [7, 11) is 0. The molecule has 1 unspecified atom stereocenters. The van der Waals surface area contributed by atoms with Gasteiger partial charge in [0.25, 0.3) is 0 Å². The largest absolute Gasteiger partial charge is 0.296 e. The predicted molar refractivity (Wildman–Crippen MR) is 58.3 cm³/mol. The zero-order chi connectivity index (χ0) is 9.38. The molecule has 1 saturated heterocycles. The molecule has 1 heteroatoms. The van der Waals surface area contributed by atoms with Crippen LogP contribution in [0.1, 0.15) is 36.4 Å². The third-order valence-electron chi connectivity index (χ3n) is 3.67. The number of benzene rings is 1. The second-order valence-corrected chi connectivity index (χ2v) is 4.50. The lowest BCUT2D eigenvalue weighted by molar-refractivity contribution is 0.263. The molecule has 0 amide bonds. The minimum atomic E-state index is 0.744. The standard InChI is InChI=1S/C13H17N/c1-2-7-12-11(5-1)6-3-9-14-10-4-8-13(12)14/h1-2,5,7,13H,3-4,6,8-10H2. The number of hydrogen-bond donors (Lipinski definition) is 0. The molecule has 0 aliphatic carbocycles. The molecule has 0 spiro atoms. The van der Waals surface area contributed by atoms with Crippen LogP contribution in [0, 0.1) is 0 Å². The molecule has 0 aromatic heterocycles. The maximum absolute atomic E-state index is 2.67. The molecule has 14 heavy (non-hydrogen) atoms. The van der Waals surface area contributed by atoms with E-state index < -0.39 is 0 Å². The number of nitrogens with zero attached hydrogens (tertiary/aromatic N) is 1. The van der Waals surface area contributed by atoms with E-state index in [0.29, 0.717) is 0 Å². The molecule has 1 nitrogen and oxygen atoms in total. The number of hydrogen-bond acceptors (Lipinski definition) is 1. The molecular formula is C13H17N. The van der Waals surface area contributed by atoms with E-state index in [1.807, 2.05) is 0 Å². The van der Waals surface area contributed by atoms with Crippen LogP contribution in [0.2, 0.25) is 0 Å². The molecule has 2 aliphatic heterocycles. The van der Waals surface area contributed by atoms with Crippen LogP contribution < -0.4 is 0 Å². The van der Waals surface area contributed by atoms with Crippen molar-refractivity contribution in [1.29, 1.82) is 0 Å². The zero-order valence-corrected chi connectivity index (χ0v) is 8.58. The van der Waals surface area contributed by atoms with Crippen LogP contribution in [0.3, 0.4) is 0 Å². The van der Waals surface area contributed by atoms with Crippen LogP contribution in [0.15, 0.2) is 24.3 Å². The summed E-state index contributed by atoms with van der Waals surface area (Å²) < 4.78 is 0. The van der Waals surface area contributed by atoms with Gasteiger partial charge in [-0.25, -0.2) is 0 Å². The highest BCUT2D eigenvalue weighted by molar-refractivity contribution is 5.31. The van der Waals surface area contributed by atoms with E-state index in [1.54, 1.807) is 11.1 Å². The quantitative estimate of drug-likeness (QED) is 0.603. The van der Waals surface area contributed by atoms with Crippen LogP contribution >= 0.6 is 0 Å². The SMILES string of the molecule is c1ccc2c(c1)CCCN1CCCC21. The van der Waals surface area contributed by atoms with Crippen molar-refractivity contribution < 1.29 is 0 Å². The normalized spacial score (nSPS) is 26.7. The topological polar surface area (TPSA) is 3.24 Å². The fourth-order valence-electron chi connectivity index (χ4n) is 3.01. The number of fused-ring (bicyclic) bond motifs is 3. The Labute approximate surface area is 85.7 Å². The average molecular weight is 187 g/mol. The fraction of sp³-hybridized carbons (Fsp3) is 0.538. The molecular weight excluding hydrogens is 170 g/mol. The summed E-state index contributed by atoms with van der Waals surface area (Å²) in [5, 5.41) is 0. The van der Waals surface area contributed by atoms with Gasteiger partial charge in [0, 0.05) is 6.04 Å². The van der Waals surface area contributed by atoms with Crippen LogP contribution in [0.25, 0.3) is 0 Å². The van der Waals surface area contributed by atoms with E-state index >= 15 is 0 Å². The van der Waals surface area contributed by atoms with Gasteiger partial charge in [0.1, 0.15) is 0 Å². The molecule has 0 N–H and O–H groups in total. The molecule has 1 aromatic carbocycles. The summed E-state index contributed by atoms with van der Waals surface area (Å²) >= 11 is 0. The minimum absolute atomic E-state index is 0.744. The number of aryl methyl sites for hydroxylation is 1. The zero-order valence-electron chi connectivity index (χ0n) is 8.58. The van der Waals surface area contributed by atoms with Gasteiger partial charge in [-0.2, -0.15) is 0 Å². The fourth-order valence-corrected chi connectivity index (χ4v) is 3.01. The van der Waals surface area contributed by atoms with E-state index in [0.717, 1.165) is 6.04 Å². The smallest absolute Gasteiger partial charge is 0.0351 e. The Morgan fingerprint density at radius 3 is 2.93 bits per heavy atom. The van der Waals surface area contributed by atoms with Gasteiger partial charge < -0.3 is 0 Å². The van der Waals surface area contributed by atoms with Crippen molar-refractivity contribution in [2.45, 2.75) is 31.7 Å². The Morgan fingerprint density at radius 2 is 1.93 bits per heavy atom. The molecule has 0 saturated carbocycles. The molecule has 2 aliphatic rings. The van der Waals surface area contributed by atoms with Gasteiger partial charge in [0.05, 0.1) is 0 Å². The first-order valence-electron chi connectivity index (χ1n) is 5.77. The van der Waals surface area contributed by atoms with Gasteiger partial charge in [0.2, 0.25) is 0 Å². The van der Waals surface area contributed by atoms with Crippen LogP contribution in [-0.4, -0.2) is 18.0 Å². The van der Waals surface area contributed by atoms with Crippen molar-refractivity contribution in [2.75, 3.05) is 13.1 Å². The lowest BCUT2D eigenvalue weighted by Crippen LogP contribution is -2.22. The molecule has 1 aromatic rings. The summed E-state index contributed by atoms with van der Waals surface area (Å²) in [6.45, 7) is 2.62. The monoisotopic (exact) mass is 187 g/mol. The predicted octanol–water partition coefficient (Wildman–Crippen LogP) is 2.77. The van der Waals surface area contributed by atoms with E-state index in [9.17, 15) is 0 Å². The summed E-state index contributed by atoms with van der Waals surface area (Å²) in [5.41, 5.74) is 3.21. The highest BCUT2D eigenvalue weighted by Crippen LogP contribution is 2.36. The maximum Gasteiger partial charge on any atom is 0.0351 e. The summed E-state index contributed by atoms with van der Waals surface area (Å²) in [6.07, 6.45) is 5.38. The Hall–Kier alpha value is -0.820. The van der Waals surface area contributed by atoms with Gasteiger partial charge in [-0.15, -0.1) is 0 Å². The van der Waals surface area contributed by atoms with Crippen molar-refractivity contribution >= 4 is 0 Å². The average Bonchev–Trinajstić information content (AvgIpc) is 2.61. The highest BCUT2D eigenvalue weighted by atomic mass is 15.2. The van der Waals surface area contributed by atoms with Crippen molar-refractivity contribution in [3.05, 3.63) is 35.4 Å².